The molecule has 5 nitrogen and oxygen atoms in total. The summed E-state index contributed by atoms with van der Waals surface area (Å²) in [6.07, 6.45) is 3.92. The number of hydrogen-bond donors (Lipinski definition) is 0. The quantitative estimate of drug-likeness (QED) is 0.822. The number of ether oxygens (including phenoxy) is 1. The topological polar surface area (TPSA) is 47.4 Å². The number of nitrogens with zero attached hydrogens (tertiary/aromatic N) is 3. The molecule has 1 amide bonds. The third-order valence-corrected chi connectivity index (χ3v) is 3.68. The Morgan fingerprint density at radius 2 is 2.17 bits per heavy atom. The van der Waals surface area contributed by atoms with Gasteiger partial charge in [0.1, 0.15) is 11.5 Å². The highest BCUT2D eigenvalue weighted by molar-refractivity contribution is 5.92. The van der Waals surface area contributed by atoms with Gasteiger partial charge in [0.2, 0.25) is 0 Å². The number of carbonyl (C=O) groups is 1. The number of amides is 1. The Labute approximate surface area is 132 Å². The van der Waals surface area contributed by atoms with Crippen molar-refractivity contribution in [2.45, 2.75) is 19.6 Å². The lowest BCUT2D eigenvalue weighted by Gasteiger charge is -2.14. The summed E-state index contributed by atoms with van der Waals surface area (Å²) in [7, 11) is 1.75. The first-order valence-corrected chi connectivity index (χ1v) is 7.39. The van der Waals surface area contributed by atoms with Crippen LogP contribution >= 0.6 is 0 Å². The van der Waals surface area contributed by atoms with Crippen LogP contribution in [0.4, 0.5) is 8.78 Å². The monoisotopic (exact) mass is 321 g/mol. The number of halogens is 2. The molecule has 7 heteroatoms. The molecule has 0 atom stereocenters. The average molecular weight is 321 g/mol. The molecule has 0 aliphatic heterocycles. The molecule has 23 heavy (non-hydrogen) atoms. The fraction of sp³-hybridized carbons (Fsp3) is 0.375. The van der Waals surface area contributed by atoms with Gasteiger partial charge in [0.15, 0.2) is 18.3 Å². The van der Waals surface area contributed by atoms with Crippen molar-refractivity contribution in [2.24, 2.45) is 5.92 Å². The van der Waals surface area contributed by atoms with Gasteiger partial charge in [0.25, 0.3) is 5.91 Å². The van der Waals surface area contributed by atoms with E-state index in [1.54, 1.807) is 24.2 Å². The largest absolute Gasteiger partial charge is 0.468 e. The first-order chi connectivity index (χ1) is 11.0. The SMILES string of the molecule is CN(CC1CC1)C(=O)c1ccn(COc2ccc(F)cc2F)n1. The van der Waals surface area contributed by atoms with E-state index in [1.165, 1.54) is 23.6 Å². The molecule has 1 aliphatic rings. The van der Waals surface area contributed by atoms with Crippen LogP contribution in [0.15, 0.2) is 30.5 Å². The summed E-state index contributed by atoms with van der Waals surface area (Å²) in [6, 6.07) is 4.67. The van der Waals surface area contributed by atoms with Crippen LogP contribution in [0.5, 0.6) is 5.75 Å². The molecule has 1 aromatic carbocycles. The van der Waals surface area contributed by atoms with E-state index < -0.39 is 11.6 Å². The second kappa shape index (κ2) is 6.36. The molecule has 3 rings (SSSR count). The van der Waals surface area contributed by atoms with Gasteiger partial charge in [0, 0.05) is 25.9 Å². The van der Waals surface area contributed by atoms with Crippen LogP contribution in [0, 0.1) is 17.6 Å². The molecule has 1 aromatic heterocycles. The van der Waals surface area contributed by atoms with Gasteiger partial charge in [-0.3, -0.25) is 4.79 Å². The zero-order valence-corrected chi connectivity index (χ0v) is 12.7. The van der Waals surface area contributed by atoms with Gasteiger partial charge >= 0.3 is 0 Å². The molecule has 0 saturated heterocycles. The van der Waals surface area contributed by atoms with E-state index in [-0.39, 0.29) is 18.4 Å². The van der Waals surface area contributed by atoms with Crippen LogP contribution < -0.4 is 4.74 Å². The fourth-order valence-electron chi connectivity index (χ4n) is 2.24. The van der Waals surface area contributed by atoms with Gasteiger partial charge < -0.3 is 9.64 Å². The van der Waals surface area contributed by atoms with Gasteiger partial charge in [-0.1, -0.05) is 0 Å². The van der Waals surface area contributed by atoms with Crippen LogP contribution in [-0.2, 0) is 6.73 Å². The summed E-state index contributed by atoms with van der Waals surface area (Å²) in [5, 5.41) is 4.13. The molecule has 0 radical (unpaired) electrons. The first kappa shape index (κ1) is 15.5. The molecule has 1 fully saturated rings. The minimum atomic E-state index is -0.780. The second-order valence-electron chi connectivity index (χ2n) is 5.72. The lowest BCUT2D eigenvalue weighted by molar-refractivity contribution is 0.0780. The lowest BCUT2D eigenvalue weighted by Crippen LogP contribution is -2.29. The van der Waals surface area contributed by atoms with E-state index in [4.69, 9.17) is 4.74 Å². The lowest BCUT2D eigenvalue weighted by atomic mass is 10.3. The molecule has 0 spiro atoms. The molecule has 0 unspecified atom stereocenters. The first-order valence-electron chi connectivity index (χ1n) is 7.39. The summed E-state index contributed by atoms with van der Waals surface area (Å²) in [5.74, 6) is -1.06. The normalized spacial score (nSPS) is 13.9. The third-order valence-electron chi connectivity index (χ3n) is 3.68. The Bertz CT molecular complexity index is 713. The predicted molar refractivity (Wildman–Crippen MR) is 78.9 cm³/mol. The number of benzene rings is 1. The van der Waals surface area contributed by atoms with E-state index in [0.29, 0.717) is 11.6 Å². The second-order valence-corrected chi connectivity index (χ2v) is 5.72. The van der Waals surface area contributed by atoms with Crippen molar-refractivity contribution in [3.8, 4) is 5.75 Å². The van der Waals surface area contributed by atoms with Crippen molar-refractivity contribution in [3.63, 3.8) is 0 Å². The summed E-state index contributed by atoms with van der Waals surface area (Å²) in [6.45, 7) is 0.672. The molecular weight excluding hydrogens is 304 g/mol. The van der Waals surface area contributed by atoms with Gasteiger partial charge in [-0.25, -0.2) is 13.5 Å². The summed E-state index contributed by atoms with van der Waals surface area (Å²) in [5.41, 5.74) is 0.316. The summed E-state index contributed by atoms with van der Waals surface area (Å²) < 4.78 is 32.9. The molecule has 0 N–H and O–H groups in total. The fourth-order valence-corrected chi connectivity index (χ4v) is 2.24. The molecule has 1 saturated carbocycles. The Balaban J connectivity index is 1.59. The van der Waals surface area contributed by atoms with Crippen LogP contribution in [0.1, 0.15) is 23.3 Å². The van der Waals surface area contributed by atoms with Crippen LogP contribution in [0.3, 0.4) is 0 Å². The van der Waals surface area contributed by atoms with E-state index in [2.05, 4.69) is 5.10 Å². The molecular formula is C16H17F2N3O2. The zero-order valence-electron chi connectivity index (χ0n) is 12.7. The van der Waals surface area contributed by atoms with Crippen molar-refractivity contribution >= 4 is 5.91 Å². The Kier molecular flexibility index (Phi) is 4.27. The maximum absolute atomic E-state index is 13.5. The molecule has 122 valence electrons. The maximum Gasteiger partial charge on any atom is 0.274 e. The van der Waals surface area contributed by atoms with Gasteiger partial charge in [-0.15, -0.1) is 0 Å². The Morgan fingerprint density at radius 1 is 1.39 bits per heavy atom. The van der Waals surface area contributed by atoms with Crippen LogP contribution in [0.2, 0.25) is 0 Å². The van der Waals surface area contributed by atoms with Gasteiger partial charge in [0.05, 0.1) is 0 Å². The molecule has 1 heterocycles. The average Bonchev–Trinajstić information content (AvgIpc) is 3.20. The smallest absolute Gasteiger partial charge is 0.274 e. The van der Waals surface area contributed by atoms with Crippen molar-refractivity contribution < 1.29 is 18.3 Å². The molecule has 0 bridgehead atoms. The highest BCUT2D eigenvalue weighted by Gasteiger charge is 2.26. The zero-order chi connectivity index (χ0) is 16.4. The molecule has 1 aliphatic carbocycles. The Hall–Kier alpha value is -2.44. The van der Waals surface area contributed by atoms with Crippen LogP contribution in [-0.4, -0.2) is 34.2 Å². The van der Waals surface area contributed by atoms with Gasteiger partial charge in [-0.2, -0.15) is 5.10 Å². The molecule has 2 aromatic rings. The minimum absolute atomic E-state index is 0.0673. The van der Waals surface area contributed by atoms with E-state index in [1.807, 2.05) is 0 Å². The Morgan fingerprint density at radius 3 is 2.87 bits per heavy atom. The standard InChI is InChI=1S/C16H17F2N3O2/c1-20(9-11-2-3-11)16(22)14-6-7-21(19-14)10-23-15-5-4-12(17)8-13(15)18/h4-8,11H,2-3,9-10H2,1H3. The summed E-state index contributed by atoms with van der Waals surface area (Å²) >= 11 is 0. The van der Waals surface area contributed by atoms with Crippen molar-refractivity contribution in [1.29, 1.82) is 0 Å². The highest BCUT2D eigenvalue weighted by Crippen LogP contribution is 2.29. The van der Waals surface area contributed by atoms with E-state index in [0.717, 1.165) is 18.7 Å². The number of carbonyl (C=O) groups excluding carboxylic acids is 1. The van der Waals surface area contributed by atoms with Crippen molar-refractivity contribution in [2.75, 3.05) is 13.6 Å². The van der Waals surface area contributed by atoms with E-state index in [9.17, 15) is 13.6 Å². The van der Waals surface area contributed by atoms with Gasteiger partial charge in [-0.05, 0) is 37.0 Å². The maximum atomic E-state index is 13.5. The van der Waals surface area contributed by atoms with E-state index >= 15 is 0 Å². The minimum Gasteiger partial charge on any atom is -0.468 e. The van der Waals surface area contributed by atoms with Crippen molar-refractivity contribution in [3.05, 3.63) is 47.8 Å². The predicted octanol–water partition coefficient (Wildman–Crippen LogP) is 2.68. The highest BCUT2D eigenvalue weighted by atomic mass is 19.1. The number of hydrogen-bond acceptors (Lipinski definition) is 3. The van der Waals surface area contributed by atoms with Crippen molar-refractivity contribution in [1.82, 2.24) is 14.7 Å². The van der Waals surface area contributed by atoms with Crippen LogP contribution in [0.25, 0.3) is 0 Å². The third kappa shape index (κ3) is 3.85. The summed E-state index contributed by atoms with van der Waals surface area (Å²) in [4.78, 5) is 13.9. The number of aromatic nitrogens is 2. The number of rotatable bonds is 6.